The maximum absolute atomic E-state index is 13.6. The molecular formula is C28H30ClN3O6. The molecule has 2 atom stereocenters. The highest BCUT2D eigenvalue weighted by Crippen LogP contribution is 2.49. The molecular weight excluding hydrogens is 510 g/mol. The summed E-state index contributed by atoms with van der Waals surface area (Å²) in [5.74, 6) is -0.338. The van der Waals surface area contributed by atoms with Crippen molar-refractivity contribution in [2.45, 2.75) is 64.0 Å². The second-order valence-corrected chi connectivity index (χ2v) is 10.9. The molecule has 1 aromatic carbocycles. The first-order valence-electron chi connectivity index (χ1n) is 13.0. The lowest BCUT2D eigenvalue weighted by molar-refractivity contribution is -0.130. The first kappa shape index (κ1) is 25.2. The Morgan fingerprint density at radius 1 is 1.29 bits per heavy atom. The van der Waals surface area contributed by atoms with E-state index in [0.29, 0.717) is 24.1 Å². The summed E-state index contributed by atoms with van der Waals surface area (Å²) in [5.41, 5.74) is 7.75. The monoisotopic (exact) mass is 539 g/mol. The smallest absolute Gasteiger partial charge is 0.293 e. The van der Waals surface area contributed by atoms with Crippen LogP contribution in [0.2, 0.25) is 5.02 Å². The quantitative estimate of drug-likeness (QED) is 0.419. The predicted octanol–water partition coefficient (Wildman–Crippen LogP) is 2.63. The summed E-state index contributed by atoms with van der Waals surface area (Å²) in [7, 11) is 1.55. The normalized spacial score (nSPS) is 19.7. The van der Waals surface area contributed by atoms with Crippen molar-refractivity contribution in [3.05, 3.63) is 66.6 Å². The third-order valence-electron chi connectivity index (χ3n) is 8.21. The number of anilines is 1. The van der Waals surface area contributed by atoms with Crippen molar-refractivity contribution in [2.75, 3.05) is 19.0 Å². The van der Waals surface area contributed by atoms with Crippen molar-refractivity contribution in [3.63, 3.8) is 0 Å². The van der Waals surface area contributed by atoms with E-state index in [1.165, 1.54) is 5.56 Å². The molecule has 1 fully saturated rings. The molecule has 3 heterocycles. The van der Waals surface area contributed by atoms with E-state index in [2.05, 4.69) is 10.6 Å². The number of nitrogens with one attached hydrogen (secondary N) is 2. The second-order valence-electron chi connectivity index (χ2n) is 10.5. The molecule has 2 unspecified atom stereocenters. The average Bonchev–Trinajstić information content (AvgIpc) is 3.52. The first-order chi connectivity index (χ1) is 18.4. The fourth-order valence-corrected chi connectivity index (χ4v) is 6.52. The molecule has 0 spiro atoms. The number of nitrogens with zero attached hydrogens (tertiary/aromatic N) is 1. The van der Waals surface area contributed by atoms with Crippen molar-refractivity contribution in [2.24, 2.45) is 5.92 Å². The number of aliphatic hydroxyl groups is 1. The SMILES string of the molecule is COCc1cc2n(c(=O)c1COC=O)CC1=C(CNC(=O)C(O)C3CC3)c3c(cc(Cl)c4c3CCC4)NC12. The van der Waals surface area contributed by atoms with Gasteiger partial charge in [-0.05, 0) is 78.0 Å². The molecule has 9 nitrogen and oxygen atoms in total. The van der Waals surface area contributed by atoms with E-state index >= 15 is 0 Å². The molecule has 1 amide bonds. The largest absolute Gasteiger partial charge is 0.463 e. The van der Waals surface area contributed by atoms with E-state index in [0.717, 1.165) is 70.8 Å². The lowest BCUT2D eigenvalue weighted by atomic mass is 9.85. The van der Waals surface area contributed by atoms with Gasteiger partial charge >= 0.3 is 0 Å². The Morgan fingerprint density at radius 2 is 2.08 bits per heavy atom. The van der Waals surface area contributed by atoms with Crippen LogP contribution in [0.4, 0.5) is 5.69 Å². The maximum Gasteiger partial charge on any atom is 0.293 e. The van der Waals surface area contributed by atoms with Gasteiger partial charge in [0.25, 0.3) is 12.0 Å². The molecule has 0 saturated heterocycles. The maximum atomic E-state index is 13.6. The third-order valence-corrected chi connectivity index (χ3v) is 8.54. The fraction of sp³-hybridized carbons (Fsp3) is 0.464. The Balaban J connectivity index is 1.46. The van der Waals surface area contributed by atoms with Crippen LogP contribution in [0, 0.1) is 5.92 Å². The van der Waals surface area contributed by atoms with Gasteiger partial charge in [-0.2, -0.15) is 0 Å². The zero-order valence-corrected chi connectivity index (χ0v) is 21.9. The van der Waals surface area contributed by atoms with E-state index in [-0.39, 0.29) is 43.2 Å². The Labute approximate surface area is 224 Å². The molecule has 10 heteroatoms. The van der Waals surface area contributed by atoms with E-state index in [9.17, 15) is 19.5 Å². The van der Waals surface area contributed by atoms with E-state index < -0.39 is 6.10 Å². The van der Waals surface area contributed by atoms with E-state index in [1.807, 2.05) is 12.1 Å². The van der Waals surface area contributed by atoms with Crippen LogP contribution in [0.1, 0.15) is 58.8 Å². The number of halogens is 1. The number of amides is 1. The van der Waals surface area contributed by atoms with Crippen molar-refractivity contribution in [1.82, 2.24) is 9.88 Å². The van der Waals surface area contributed by atoms with Crippen molar-refractivity contribution in [1.29, 1.82) is 0 Å². The van der Waals surface area contributed by atoms with Gasteiger partial charge in [0.2, 0.25) is 5.91 Å². The molecule has 200 valence electrons. The van der Waals surface area contributed by atoms with E-state index in [4.69, 9.17) is 21.1 Å². The highest BCUT2D eigenvalue weighted by atomic mass is 35.5. The summed E-state index contributed by atoms with van der Waals surface area (Å²) < 4.78 is 12.0. The Morgan fingerprint density at radius 3 is 2.82 bits per heavy atom. The molecule has 2 aromatic rings. The highest BCUT2D eigenvalue weighted by Gasteiger charge is 2.39. The van der Waals surface area contributed by atoms with Crippen LogP contribution < -0.4 is 16.2 Å². The van der Waals surface area contributed by atoms with Gasteiger partial charge in [0.05, 0.1) is 18.2 Å². The molecule has 38 heavy (non-hydrogen) atoms. The number of pyridine rings is 1. The first-order valence-corrected chi connectivity index (χ1v) is 13.4. The Hall–Kier alpha value is -3.14. The number of carbonyl (C=O) groups excluding carboxylic acids is 2. The van der Waals surface area contributed by atoms with E-state index in [1.54, 1.807) is 11.7 Å². The van der Waals surface area contributed by atoms with Crippen LogP contribution in [0.25, 0.3) is 5.57 Å². The third kappa shape index (κ3) is 4.13. The van der Waals surface area contributed by atoms with Gasteiger partial charge < -0.3 is 29.8 Å². The number of hydrogen-bond acceptors (Lipinski definition) is 7. The van der Waals surface area contributed by atoms with Crippen molar-refractivity contribution >= 4 is 35.2 Å². The summed E-state index contributed by atoms with van der Waals surface area (Å²) in [5, 5.41) is 17.7. The van der Waals surface area contributed by atoms with Gasteiger partial charge in [0.15, 0.2) is 0 Å². The van der Waals surface area contributed by atoms with Gasteiger partial charge in [-0.15, -0.1) is 0 Å². The fourth-order valence-electron chi connectivity index (χ4n) is 6.20. The topological polar surface area (TPSA) is 119 Å². The standard InChI is InChI=1S/C28H30ClN3O6/c1-37-11-15-7-23-25-19(10-32(23)28(36)20(15)12-38-13-33)18(9-30-27(35)26(34)14-5-6-14)24-17-4-2-3-16(17)21(29)8-22(24)31-25/h7-8,13-14,25-26,31,34H,2-6,9-12H2,1H3,(H,30,35). The number of ether oxygens (including phenoxy) is 2. The zero-order chi connectivity index (χ0) is 26.6. The minimum atomic E-state index is -1.01. The summed E-state index contributed by atoms with van der Waals surface area (Å²) in [6.45, 7) is 0.968. The Bertz CT molecular complexity index is 1430. The lowest BCUT2D eigenvalue weighted by Gasteiger charge is -2.31. The molecule has 6 rings (SSSR count). The molecule has 0 bridgehead atoms. The van der Waals surface area contributed by atoms with Crippen LogP contribution in [-0.2, 0) is 51.7 Å². The van der Waals surface area contributed by atoms with Crippen LogP contribution in [0.3, 0.4) is 0 Å². The molecule has 2 aliphatic carbocycles. The minimum Gasteiger partial charge on any atom is -0.463 e. The average molecular weight is 540 g/mol. The molecule has 3 N–H and O–H groups in total. The van der Waals surface area contributed by atoms with Gasteiger partial charge in [-0.1, -0.05) is 11.6 Å². The number of benzene rings is 1. The van der Waals surface area contributed by atoms with Gasteiger partial charge in [0.1, 0.15) is 12.7 Å². The number of carbonyl (C=O) groups is 2. The van der Waals surface area contributed by atoms with Crippen molar-refractivity contribution in [3.8, 4) is 0 Å². The highest BCUT2D eigenvalue weighted by molar-refractivity contribution is 6.32. The molecule has 4 aliphatic rings. The molecule has 2 aliphatic heterocycles. The molecule has 0 radical (unpaired) electrons. The summed E-state index contributed by atoms with van der Waals surface area (Å²) in [6, 6.07) is 3.57. The number of rotatable bonds is 9. The van der Waals surface area contributed by atoms with Gasteiger partial charge in [-0.3, -0.25) is 14.4 Å². The lowest BCUT2D eigenvalue weighted by Crippen LogP contribution is -2.37. The minimum absolute atomic E-state index is 0.0317. The number of fused-ring (bicyclic) bond motifs is 6. The zero-order valence-electron chi connectivity index (χ0n) is 21.1. The number of methoxy groups -OCH3 is 1. The summed E-state index contributed by atoms with van der Waals surface area (Å²) >= 11 is 6.70. The van der Waals surface area contributed by atoms with Gasteiger partial charge in [-0.25, -0.2) is 0 Å². The number of hydrogen-bond donors (Lipinski definition) is 3. The van der Waals surface area contributed by atoms with Crippen LogP contribution in [0.15, 0.2) is 22.5 Å². The Kier molecular flexibility index (Phi) is 6.53. The van der Waals surface area contributed by atoms with Crippen molar-refractivity contribution < 1.29 is 24.2 Å². The van der Waals surface area contributed by atoms with Crippen LogP contribution >= 0.6 is 11.6 Å². The molecule has 1 saturated carbocycles. The molecule has 1 aromatic heterocycles. The van der Waals surface area contributed by atoms with Crippen LogP contribution in [-0.4, -0.2) is 41.8 Å². The number of aliphatic hydroxyl groups excluding tert-OH is 1. The summed E-state index contributed by atoms with van der Waals surface area (Å²) in [6.07, 6.45) is 3.51. The summed E-state index contributed by atoms with van der Waals surface area (Å²) in [4.78, 5) is 37.2. The van der Waals surface area contributed by atoms with Gasteiger partial charge in [0, 0.05) is 42.2 Å². The predicted molar refractivity (Wildman–Crippen MR) is 141 cm³/mol. The van der Waals surface area contributed by atoms with Crippen LogP contribution in [0.5, 0.6) is 0 Å². The number of aromatic nitrogens is 1. The second kappa shape index (κ2) is 9.87.